The van der Waals surface area contributed by atoms with Gasteiger partial charge in [0.25, 0.3) is 0 Å². The summed E-state index contributed by atoms with van der Waals surface area (Å²) in [5.41, 5.74) is 0.968. The summed E-state index contributed by atoms with van der Waals surface area (Å²) in [5.74, 6) is 0.671. The monoisotopic (exact) mass is 256 g/mol. The number of carbonyl (C=O) groups is 1. The molecule has 0 fully saturated rings. The SMILES string of the molecule is C[C@@H](CC(=O)O)c1cccc(Oc2ccccc2)c1. The Balaban J connectivity index is 2.13. The number of rotatable bonds is 5. The minimum Gasteiger partial charge on any atom is -0.481 e. The number of carboxylic acids is 1. The Bertz CT molecular complexity index is 549. The molecular weight excluding hydrogens is 240 g/mol. The number of hydrogen-bond donors (Lipinski definition) is 1. The van der Waals surface area contributed by atoms with Gasteiger partial charge in [-0.05, 0) is 35.7 Å². The molecule has 0 aliphatic rings. The minimum atomic E-state index is -0.790. The minimum absolute atomic E-state index is 0.0307. The van der Waals surface area contributed by atoms with E-state index in [4.69, 9.17) is 9.84 Å². The fourth-order valence-corrected chi connectivity index (χ4v) is 1.89. The molecule has 0 aliphatic heterocycles. The lowest BCUT2D eigenvalue weighted by molar-refractivity contribution is -0.137. The molecule has 0 heterocycles. The molecule has 1 atom stereocenters. The Morgan fingerprint density at radius 1 is 1.11 bits per heavy atom. The third-order valence-electron chi connectivity index (χ3n) is 2.89. The van der Waals surface area contributed by atoms with Gasteiger partial charge in [0.15, 0.2) is 0 Å². The zero-order chi connectivity index (χ0) is 13.7. The first-order valence-corrected chi connectivity index (χ1v) is 6.20. The molecule has 2 aromatic rings. The van der Waals surface area contributed by atoms with Crippen LogP contribution in [0.25, 0.3) is 0 Å². The smallest absolute Gasteiger partial charge is 0.303 e. The molecule has 3 heteroatoms. The van der Waals surface area contributed by atoms with E-state index in [0.29, 0.717) is 0 Å². The molecule has 0 amide bonds. The lowest BCUT2D eigenvalue weighted by Crippen LogP contribution is -2.02. The van der Waals surface area contributed by atoms with Crippen LogP contribution >= 0.6 is 0 Å². The Morgan fingerprint density at radius 2 is 1.79 bits per heavy atom. The van der Waals surface area contributed by atoms with Gasteiger partial charge in [-0.15, -0.1) is 0 Å². The Morgan fingerprint density at radius 3 is 2.47 bits per heavy atom. The molecule has 0 spiro atoms. The maximum absolute atomic E-state index is 10.7. The van der Waals surface area contributed by atoms with Crippen molar-refractivity contribution in [1.82, 2.24) is 0 Å². The molecule has 0 aliphatic carbocycles. The summed E-state index contributed by atoms with van der Waals surface area (Å²) in [5, 5.41) is 8.82. The highest BCUT2D eigenvalue weighted by atomic mass is 16.5. The Labute approximate surface area is 112 Å². The number of aliphatic carboxylic acids is 1. The predicted octanol–water partition coefficient (Wildman–Crippen LogP) is 4.06. The number of hydrogen-bond acceptors (Lipinski definition) is 2. The molecule has 0 aromatic heterocycles. The molecular formula is C16H16O3. The average Bonchev–Trinajstić information content (AvgIpc) is 2.39. The van der Waals surface area contributed by atoms with Crippen LogP contribution in [0, 0.1) is 0 Å². The number of ether oxygens (including phenoxy) is 1. The lowest BCUT2D eigenvalue weighted by Gasteiger charge is -2.11. The fourth-order valence-electron chi connectivity index (χ4n) is 1.89. The van der Waals surface area contributed by atoms with Gasteiger partial charge < -0.3 is 9.84 Å². The average molecular weight is 256 g/mol. The summed E-state index contributed by atoms with van der Waals surface area (Å²) in [6, 6.07) is 17.1. The summed E-state index contributed by atoms with van der Waals surface area (Å²) < 4.78 is 5.73. The van der Waals surface area contributed by atoms with Crippen molar-refractivity contribution in [2.45, 2.75) is 19.3 Å². The molecule has 3 nitrogen and oxygen atoms in total. The van der Waals surface area contributed by atoms with E-state index < -0.39 is 5.97 Å². The van der Waals surface area contributed by atoms with Crippen molar-refractivity contribution in [2.75, 3.05) is 0 Å². The van der Waals surface area contributed by atoms with Gasteiger partial charge in [-0.3, -0.25) is 4.79 Å². The molecule has 98 valence electrons. The Kier molecular flexibility index (Phi) is 4.18. The summed E-state index contributed by atoms with van der Waals surface area (Å²) in [6.07, 6.45) is 0.120. The molecule has 0 saturated carbocycles. The van der Waals surface area contributed by atoms with E-state index in [1.165, 1.54) is 0 Å². The Hall–Kier alpha value is -2.29. The topological polar surface area (TPSA) is 46.5 Å². The van der Waals surface area contributed by atoms with Crippen molar-refractivity contribution >= 4 is 5.97 Å². The fraction of sp³-hybridized carbons (Fsp3) is 0.188. The molecule has 2 rings (SSSR count). The molecule has 0 bridgehead atoms. The zero-order valence-electron chi connectivity index (χ0n) is 10.7. The standard InChI is InChI=1S/C16H16O3/c1-12(10-16(17)18)13-6-5-9-15(11-13)19-14-7-3-2-4-8-14/h2-9,11-12H,10H2,1H3,(H,17,18)/t12-/m0/s1. The highest BCUT2D eigenvalue weighted by molar-refractivity contribution is 5.68. The van der Waals surface area contributed by atoms with Crippen molar-refractivity contribution in [3.8, 4) is 11.5 Å². The molecule has 2 aromatic carbocycles. The van der Waals surface area contributed by atoms with Crippen LogP contribution in [0.5, 0.6) is 11.5 Å². The number of para-hydroxylation sites is 1. The van der Waals surface area contributed by atoms with Gasteiger partial charge in [-0.2, -0.15) is 0 Å². The van der Waals surface area contributed by atoms with Crippen LogP contribution in [0.2, 0.25) is 0 Å². The van der Waals surface area contributed by atoms with Gasteiger partial charge in [-0.25, -0.2) is 0 Å². The summed E-state index contributed by atoms with van der Waals surface area (Å²) in [7, 11) is 0. The van der Waals surface area contributed by atoms with E-state index >= 15 is 0 Å². The van der Waals surface area contributed by atoms with Gasteiger partial charge in [0.2, 0.25) is 0 Å². The zero-order valence-corrected chi connectivity index (χ0v) is 10.7. The van der Waals surface area contributed by atoms with Gasteiger partial charge in [0, 0.05) is 0 Å². The van der Waals surface area contributed by atoms with Crippen LogP contribution in [0.1, 0.15) is 24.8 Å². The van der Waals surface area contributed by atoms with Crippen molar-refractivity contribution in [2.24, 2.45) is 0 Å². The molecule has 0 unspecified atom stereocenters. The van der Waals surface area contributed by atoms with E-state index in [1.807, 2.05) is 61.5 Å². The van der Waals surface area contributed by atoms with Crippen molar-refractivity contribution in [3.05, 3.63) is 60.2 Å². The first-order valence-electron chi connectivity index (χ1n) is 6.20. The molecule has 0 saturated heterocycles. The molecule has 0 radical (unpaired) electrons. The van der Waals surface area contributed by atoms with Crippen LogP contribution in [0.3, 0.4) is 0 Å². The van der Waals surface area contributed by atoms with Gasteiger partial charge in [0.05, 0.1) is 6.42 Å². The normalized spacial score (nSPS) is 11.8. The van der Waals surface area contributed by atoms with E-state index in [0.717, 1.165) is 17.1 Å². The van der Waals surface area contributed by atoms with E-state index in [1.54, 1.807) is 0 Å². The lowest BCUT2D eigenvalue weighted by atomic mass is 9.98. The van der Waals surface area contributed by atoms with Crippen LogP contribution in [0.15, 0.2) is 54.6 Å². The number of benzene rings is 2. The van der Waals surface area contributed by atoms with Crippen LogP contribution in [-0.4, -0.2) is 11.1 Å². The van der Waals surface area contributed by atoms with E-state index in [-0.39, 0.29) is 12.3 Å². The van der Waals surface area contributed by atoms with E-state index in [9.17, 15) is 4.79 Å². The maximum atomic E-state index is 10.7. The second-order valence-corrected chi connectivity index (χ2v) is 4.49. The summed E-state index contributed by atoms with van der Waals surface area (Å²) in [4.78, 5) is 10.7. The largest absolute Gasteiger partial charge is 0.481 e. The van der Waals surface area contributed by atoms with Crippen molar-refractivity contribution in [1.29, 1.82) is 0 Å². The highest BCUT2D eigenvalue weighted by Crippen LogP contribution is 2.26. The van der Waals surface area contributed by atoms with Crippen LogP contribution in [0.4, 0.5) is 0 Å². The second-order valence-electron chi connectivity index (χ2n) is 4.49. The third kappa shape index (κ3) is 3.85. The predicted molar refractivity (Wildman–Crippen MR) is 73.6 cm³/mol. The molecule has 1 N–H and O–H groups in total. The summed E-state index contributed by atoms with van der Waals surface area (Å²) >= 11 is 0. The third-order valence-corrected chi connectivity index (χ3v) is 2.89. The van der Waals surface area contributed by atoms with Crippen molar-refractivity contribution in [3.63, 3.8) is 0 Å². The van der Waals surface area contributed by atoms with Crippen LogP contribution in [-0.2, 0) is 4.79 Å². The van der Waals surface area contributed by atoms with Crippen molar-refractivity contribution < 1.29 is 14.6 Å². The van der Waals surface area contributed by atoms with Gasteiger partial charge in [-0.1, -0.05) is 37.3 Å². The highest BCUT2D eigenvalue weighted by Gasteiger charge is 2.10. The first kappa shape index (κ1) is 13.1. The van der Waals surface area contributed by atoms with Gasteiger partial charge >= 0.3 is 5.97 Å². The second kappa shape index (κ2) is 6.05. The number of carboxylic acid groups (broad SMARTS) is 1. The quantitative estimate of drug-likeness (QED) is 0.877. The maximum Gasteiger partial charge on any atom is 0.303 e. The molecule has 19 heavy (non-hydrogen) atoms. The summed E-state index contributed by atoms with van der Waals surface area (Å²) in [6.45, 7) is 1.90. The van der Waals surface area contributed by atoms with E-state index in [2.05, 4.69) is 0 Å². The first-order chi connectivity index (χ1) is 9.15. The van der Waals surface area contributed by atoms with Crippen LogP contribution < -0.4 is 4.74 Å². The van der Waals surface area contributed by atoms with Gasteiger partial charge in [0.1, 0.15) is 11.5 Å².